The summed E-state index contributed by atoms with van der Waals surface area (Å²) in [7, 11) is 0. The number of aryl methyl sites for hydroxylation is 1. The molecule has 0 radical (unpaired) electrons. The molecule has 0 aliphatic rings. The van der Waals surface area contributed by atoms with Crippen LogP contribution in [0.15, 0.2) is 0 Å². The van der Waals surface area contributed by atoms with Crippen molar-refractivity contribution >= 4 is 5.78 Å². The molecule has 4 nitrogen and oxygen atoms in total. The normalized spacial score (nSPS) is 13.4. The molecule has 0 aliphatic heterocycles. The van der Waals surface area contributed by atoms with Crippen LogP contribution >= 0.6 is 0 Å². The Balaban J connectivity index is 0.00000154. The summed E-state index contributed by atoms with van der Waals surface area (Å²) in [6, 6.07) is 0. The summed E-state index contributed by atoms with van der Waals surface area (Å²) in [5.74, 6) is -0.500. The lowest BCUT2D eigenvalue weighted by atomic mass is 9.92. The molecule has 1 aromatic heterocycles. The van der Waals surface area contributed by atoms with E-state index < -0.39 is 11.5 Å². The SMILES string of the molecule is CC.CCCc1c(C(F)(CC)C(C)=O)nnn1CC. The molecule has 0 amide bonds. The fourth-order valence-electron chi connectivity index (χ4n) is 1.96. The van der Waals surface area contributed by atoms with Crippen molar-refractivity contribution in [2.45, 2.75) is 73.0 Å². The van der Waals surface area contributed by atoms with Gasteiger partial charge in [-0.2, -0.15) is 0 Å². The molecule has 1 rings (SSSR count). The average molecular weight is 271 g/mol. The zero-order valence-electron chi connectivity index (χ0n) is 13.0. The van der Waals surface area contributed by atoms with Gasteiger partial charge in [-0.3, -0.25) is 4.79 Å². The van der Waals surface area contributed by atoms with Crippen molar-refractivity contribution in [2.75, 3.05) is 0 Å². The first-order valence-electron chi connectivity index (χ1n) is 7.13. The molecule has 0 N–H and O–H groups in total. The summed E-state index contributed by atoms with van der Waals surface area (Å²) in [6.45, 7) is 11.5. The Morgan fingerprint density at radius 1 is 1.32 bits per heavy atom. The lowest BCUT2D eigenvalue weighted by molar-refractivity contribution is -0.129. The molecular formula is C14H26FN3O. The van der Waals surface area contributed by atoms with Crippen LogP contribution in [0.5, 0.6) is 0 Å². The van der Waals surface area contributed by atoms with E-state index in [0.717, 1.165) is 12.1 Å². The van der Waals surface area contributed by atoms with Gasteiger partial charge in [0.25, 0.3) is 0 Å². The summed E-state index contributed by atoms with van der Waals surface area (Å²) in [5.41, 5.74) is -1.04. The van der Waals surface area contributed by atoms with Gasteiger partial charge in [0.05, 0.1) is 5.69 Å². The highest BCUT2D eigenvalue weighted by atomic mass is 19.1. The molecule has 0 fully saturated rings. The molecular weight excluding hydrogens is 245 g/mol. The highest BCUT2D eigenvalue weighted by Gasteiger charge is 2.40. The third-order valence-electron chi connectivity index (χ3n) is 3.04. The lowest BCUT2D eigenvalue weighted by Gasteiger charge is -2.19. The molecule has 0 aliphatic carbocycles. The number of hydrogen-bond acceptors (Lipinski definition) is 3. The fraction of sp³-hybridized carbons (Fsp3) is 0.786. The molecule has 1 atom stereocenters. The summed E-state index contributed by atoms with van der Waals surface area (Å²) < 4.78 is 16.3. The van der Waals surface area contributed by atoms with Gasteiger partial charge in [-0.25, -0.2) is 9.07 Å². The number of halogens is 1. The summed E-state index contributed by atoms with van der Waals surface area (Å²) in [6.07, 6.45) is 1.66. The third-order valence-corrected chi connectivity index (χ3v) is 3.04. The number of carbonyl (C=O) groups is 1. The van der Waals surface area contributed by atoms with Crippen molar-refractivity contribution in [3.05, 3.63) is 11.4 Å². The number of rotatable bonds is 6. The maximum Gasteiger partial charge on any atom is 0.213 e. The zero-order valence-corrected chi connectivity index (χ0v) is 13.0. The van der Waals surface area contributed by atoms with Crippen LogP contribution in [0, 0.1) is 0 Å². The number of Topliss-reactive ketones (excluding diaryl/α,β-unsaturated/α-hetero) is 1. The van der Waals surface area contributed by atoms with Crippen molar-refractivity contribution in [2.24, 2.45) is 0 Å². The Kier molecular flexibility index (Phi) is 7.49. The predicted octanol–water partition coefficient (Wildman–Crippen LogP) is 3.44. The molecule has 0 bridgehead atoms. The van der Waals surface area contributed by atoms with E-state index in [4.69, 9.17) is 0 Å². The number of nitrogens with zero attached hydrogens (tertiary/aromatic N) is 3. The van der Waals surface area contributed by atoms with E-state index in [2.05, 4.69) is 10.3 Å². The molecule has 0 saturated carbocycles. The monoisotopic (exact) mass is 271 g/mol. The molecule has 1 aromatic rings. The summed E-state index contributed by atoms with van der Waals surface area (Å²) in [4.78, 5) is 11.5. The smallest absolute Gasteiger partial charge is 0.213 e. The number of aromatic nitrogens is 3. The van der Waals surface area contributed by atoms with E-state index in [0.29, 0.717) is 13.0 Å². The highest BCUT2D eigenvalue weighted by Crippen LogP contribution is 2.32. The van der Waals surface area contributed by atoms with Crippen molar-refractivity contribution in [1.29, 1.82) is 0 Å². The molecule has 0 aromatic carbocycles. The fourth-order valence-corrected chi connectivity index (χ4v) is 1.96. The number of ketones is 1. The van der Waals surface area contributed by atoms with Gasteiger partial charge >= 0.3 is 0 Å². The number of alkyl halides is 1. The Labute approximate surface area is 115 Å². The number of carbonyl (C=O) groups excluding carboxylic acids is 1. The van der Waals surface area contributed by atoms with Gasteiger partial charge in [-0.05, 0) is 26.7 Å². The minimum absolute atomic E-state index is 0.0987. The van der Waals surface area contributed by atoms with Crippen molar-refractivity contribution in [3.8, 4) is 0 Å². The van der Waals surface area contributed by atoms with Gasteiger partial charge in [0.15, 0.2) is 5.78 Å². The third kappa shape index (κ3) is 3.61. The maximum atomic E-state index is 14.6. The van der Waals surface area contributed by atoms with Gasteiger partial charge < -0.3 is 0 Å². The second-order valence-electron chi connectivity index (χ2n) is 4.16. The van der Waals surface area contributed by atoms with Gasteiger partial charge in [0, 0.05) is 6.54 Å². The van der Waals surface area contributed by atoms with Crippen LogP contribution in [-0.2, 0) is 23.4 Å². The van der Waals surface area contributed by atoms with Crippen molar-refractivity contribution in [1.82, 2.24) is 15.0 Å². The van der Waals surface area contributed by atoms with E-state index in [-0.39, 0.29) is 12.1 Å². The predicted molar refractivity (Wildman–Crippen MR) is 74.8 cm³/mol. The maximum absolute atomic E-state index is 14.6. The molecule has 1 unspecified atom stereocenters. The molecule has 0 spiro atoms. The molecule has 19 heavy (non-hydrogen) atoms. The first kappa shape index (κ1) is 17.7. The van der Waals surface area contributed by atoms with Gasteiger partial charge in [-0.1, -0.05) is 39.3 Å². The van der Waals surface area contributed by atoms with Crippen LogP contribution in [0.2, 0.25) is 0 Å². The Bertz CT molecular complexity index is 403. The van der Waals surface area contributed by atoms with Crippen LogP contribution in [0.3, 0.4) is 0 Å². The average Bonchev–Trinajstić information content (AvgIpc) is 2.83. The van der Waals surface area contributed by atoms with Crippen molar-refractivity contribution < 1.29 is 9.18 Å². The Morgan fingerprint density at radius 3 is 2.26 bits per heavy atom. The largest absolute Gasteiger partial charge is 0.296 e. The molecule has 5 heteroatoms. The minimum Gasteiger partial charge on any atom is -0.296 e. The van der Waals surface area contributed by atoms with Crippen LogP contribution in [0.25, 0.3) is 0 Å². The van der Waals surface area contributed by atoms with E-state index in [1.54, 1.807) is 11.6 Å². The highest BCUT2D eigenvalue weighted by molar-refractivity contribution is 5.85. The second kappa shape index (κ2) is 8.02. The molecule has 110 valence electrons. The van der Waals surface area contributed by atoms with E-state index in [1.807, 2.05) is 27.7 Å². The standard InChI is InChI=1S/C12H20FN3O.C2H6/c1-5-8-10-11(14-15-16(10)7-3)12(13,6-2)9(4)17;1-2/h5-8H2,1-4H3;1-2H3. The summed E-state index contributed by atoms with van der Waals surface area (Å²) >= 11 is 0. The minimum atomic E-state index is -1.99. The van der Waals surface area contributed by atoms with E-state index >= 15 is 0 Å². The summed E-state index contributed by atoms with van der Waals surface area (Å²) in [5, 5.41) is 7.81. The Hall–Kier alpha value is -1.26. The first-order valence-corrected chi connectivity index (χ1v) is 7.13. The molecule has 0 saturated heterocycles. The van der Waals surface area contributed by atoms with Gasteiger partial charge in [0.1, 0.15) is 5.69 Å². The second-order valence-corrected chi connectivity index (χ2v) is 4.16. The lowest BCUT2D eigenvalue weighted by Crippen LogP contribution is -2.30. The van der Waals surface area contributed by atoms with Crippen LogP contribution in [0.1, 0.15) is 65.8 Å². The van der Waals surface area contributed by atoms with Crippen LogP contribution in [0.4, 0.5) is 4.39 Å². The number of hydrogen-bond donors (Lipinski definition) is 0. The van der Waals surface area contributed by atoms with E-state index in [1.165, 1.54) is 6.92 Å². The van der Waals surface area contributed by atoms with Crippen LogP contribution in [-0.4, -0.2) is 20.8 Å². The zero-order chi connectivity index (χ0) is 15.1. The van der Waals surface area contributed by atoms with Crippen molar-refractivity contribution in [3.63, 3.8) is 0 Å². The quantitative estimate of drug-likeness (QED) is 0.796. The first-order chi connectivity index (χ1) is 9.01. The van der Waals surface area contributed by atoms with Gasteiger partial charge in [-0.15, -0.1) is 5.10 Å². The Morgan fingerprint density at radius 2 is 1.89 bits per heavy atom. The van der Waals surface area contributed by atoms with Gasteiger partial charge in [0.2, 0.25) is 5.67 Å². The topological polar surface area (TPSA) is 47.8 Å². The van der Waals surface area contributed by atoms with E-state index in [9.17, 15) is 9.18 Å². The van der Waals surface area contributed by atoms with Crippen LogP contribution < -0.4 is 0 Å². The molecule has 1 heterocycles.